The Morgan fingerprint density at radius 2 is 1.64 bits per heavy atom. The van der Waals surface area contributed by atoms with E-state index in [-0.39, 0.29) is 24.8 Å². The SMILES string of the molecule is C[SiH](C)[Ti]([F])[O]c1ccccc1.Cl.Cl. The van der Waals surface area contributed by atoms with Crippen molar-refractivity contribution in [1.29, 1.82) is 0 Å². The first-order valence-electron chi connectivity index (χ1n) is 3.95. The maximum absolute atomic E-state index is 13.2. The zero-order valence-electron chi connectivity index (χ0n) is 8.07. The summed E-state index contributed by atoms with van der Waals surface area (Å²) >= 11 is -2.62. The average molecular weight is 292 g/mol. The van der Waals surface area contributed by atoms with Crippen molar-refractivity contribution in [3.63, 3.8) is 0 Å². The second kappa shape index (κ2) is 8.74. The molecule has 0 N–H and O–H groups in total. The molecule has 0 atom stereocenters. The molecule has 0 heterocycles. The van der Waals surface area contributed by atoms with Gasteiger partial charge in [0.25, 0.3) is 0 Å². The van der Waals surface area contributed by atoms with Crippen molar-refractivity contribution in [2.75, 3.05) is 0 Å². The van der Waals surface area contributed by atoms with Crippen LogP contribution in [-0.4, -0.2) is 6.66 Å². The number of halogens is 3. The number of hydrogen-bond acceptors (Lipinski definition) is 1. The molecule has 0 radical (unpaired) electrons. The van der Waals surface area contributed by atoms with Gasteiger partial charge in [-0.15, -0.1) is 24.8 Å². The zero-order valence-corrected chi connectivity index (χ0v) is 12.4. The molecule has 0 aliphatic heterocycles. The van der Waals surface area contributed by atoms with E-state index in [9.17, 15) is 3.09 Å². The number of benzene rings is 1. The van der Waals surface area contributed by atoms with E-state index >= 15 is 0 Å². The predicted octanol–water partition coefficient (Wildman–Crippen LogP) is 3.31. The summed E-state index contributed by atoms with van der Waals surface area (Å²) in [4.78, 5) is 0. The summed E-state index contributed by atoms with van der Waals surface area (Å²) in [5, 5.41) is 0. The Morgan fingerprint density at radius 1 is 1.14 bits per heavy atom. The van der Waals surface area contributed by atoms with Crippen LogP contribution in [-0.2, 0) is 18.0 Å². The molecule has 0 unspecified atom stereocenters. The molecular weight excluding hydrogens is 278 g/mol. The van der Waals surface area contributed by atoms with E-state index in [2.05, 4.69) is 0 Å². The average Bonchev–Trinajstić information content (AvgIpc) is 2.06. The standard InChI is InChI=1S/C6H6O.C2H7Si.2ClH.FH.Ti/c7-6-4-2-1-3-5-6;1-3-2;;;;/h1-5,7H;3H,1-2H3;3*1H;/q;;;;;+2/p-2. The van der Waals surface area contributed by atoms with Crippen molar-refractivity contribution in [2.45, 2.75) is 13.1 Å². The summed E-state index contributed by atoms with van der Waals surface area (Å²) in [6.07, 6.45) is 0. The quantitative estimate of drug-likeness (QED) is 0.777. The van der Waals surface area contributed by atoms with Gasteiger partial charge in [-0.2, -0.15) is 0 Å². The molecule has 0 aliphatic carbocycles. The van der Waals surface area contributed by atoms with Gasteiger partial charge in [0.1, 0.15) is 0 Å². The molecule has 0 amide bonds. The third kappa shape index (κ3) is 6.04. The van der Waals surface area contributed by atoms with Crippen LogP contribution in [0.2, 0.25) is 13.1 Å². The first-order valence-corrected chi connectivity index (χ1v) is 10.8. The van der Waals surface area contributed by atoms with E-state index < -0.39 is 24.7 Å². The summed E-state index contributed by atoms with van der Waals surface area (Å²) in [6.45, 7) is 2.84. The van der Waals surface area contributed by atoms with Crippen molar-refractivity contribution in [3.8, 4) is 5.75 Å². The largest absolute Gasteiger partial charge is 0.147 e. The summed E-state index contributed by atoms with van der Waals surface area (Å²) in [5.41, 5.74) is 0. The van der Waals surface area contributed by atoms with Crippen LogP contribution in [0.15, 0.2) is 30.3 Å². The molecule has 1 nitrogen and oxygen atoms in total. The molecule has 0 aromatic heterocycles. The third-order valence-corrected chi connectivity index (χ3v) is 7.73. The van der Waals surface area contributed by atoms with Crippen LogP contribution in [0.3, 0.4) is 0 Å². The second-order valence-corrected chi connectivity index (χ2v) is 13.7. The van der Waals surface area contributed by atoms with E-state index in [1.807, 2.05) is 43.4 Å². The summed E-state index contributed by atoms with van der Waals surface area (Å²) in [5.74, 6) is 0.691. The normalized spacial score (nSPS) is 8.57. The monoisotopic (exact) mass is 291 g/mol. The Hall–Kier alpha value is 0.461. The molecule has 14 heavy (non-hydrogen) atoms. The van der Waals surface area contributed by atoms with Gasteiger partial charge in [0.15, 0.2) is 0 Å². The molecule has 81 valence electrons. The van der Waals surface area contributed by atoms with Gasteiger partial charge in [0, 0.05) is 0 Å². The molecule has 1 aromatic carbocycles. The molecule has 0 aliphatic rings. The minimum atomic E-state index is -2.62. The third-order valence-electron chi connectivity index (χ3n) is 1.41. The van der Waals surface area contributed by atoms with Crippen molar-refractivity contribution >= 4 is 31.5 Å². The van der Waals surface area contributed by atoms with Crippen LogP contribution in [0.1, 0.15) is 0 Å². The second-order valence-electron chi connectivity index (χ2n) is 2.87. The van der Waals surface area contributed by atoms with Gasteiger partial charge in [-0.25, -0.2) is 0 Å². The molecule has 0 saturated heterocycles. The number of para-hydroxylation sites is 1. The Labute approximate surface area is 105 Å². The van der Waals surface area contributed by atoms with Crippen molar-refractivity contribution in [1.82, 2.24) is 0 Å². The fourth-order valence-electron chi connectivity index (χ4n) is 0.719. The summed E-state index contributed by atoms with van der Waals surface area (Å²) in [7, 11) is 0. The maximum atomic E-state index is 13.2. The van der Waals surface area contributed by atoms with E-state index in [1.54, 1.807) is 0 Å². The molecule has 0 spiro atoms. The van der Waals surface area contributed by atoms with Crippen LogP contribution < -0.4 is 3.32 Å². The maximum Gasteiger partial charge on any atom is -0.147 e. The first kappa shape index (κ1) is 16.9. The Bertz CT molecular complexity index is 238. The van der Waals surface area contributed by atoms with Crippen molar-refractivity contribution < 1.29 is 24.5 Å². The molecule has 6 heteroatoms. The molecular formula is C8H14Cl2FOSiTi. The van der Waals surface area contributed by atoms with Crippen molar-refractivity contribution in [2.24, 2.45) is 0 Å². The molecule has 1 rings (SSSR count). The van der Waals surface area contributed by atoms with Gasteiger partial charge in [0.05, 0.1) is 0 Å². The topological polar surface area (TPSA) is 9.23 Å². The number of rotatable bonds is 3. The van der Waals surface area contributed by atoms with Crippen molar-refractivity contribution in [3.05, 3.63) is 30.3 Å². The Balaban J connectivity index is 0. The first-order chi connectivity index (χ1) is 5.70. The van der Waals surface area contributed by atoms with Crippen LogP contribution in [0, 0.1) is 0 Å². The van der Waals surface area contributed by atoms with Crippen LogP contribution in [0.25, 0.3) is 0 Å². The van der Waals surface area contributed by atoms with E-state index in [4.69, 9.17) is 3.32 Å². The molecule has 0 bridgehead atoms. The van der Waals surface area contributed by atoms with Crippen LogP contribution in [0.5, 0.6) is 5.75 Å². The Kier molecular flexibility index (Phi) is 10.5. The Morgan fingerprint density at radius 3 is 2.07 bits per heavy atom. The smallest absolute Gasteiger partial charge is 0.147 e. The van der Waals surface area contributed by atoms with Crippen LogP contribution in [0.4, 0.5) is 3.09 Å². The number of hydrogen-bond donors (Lipinski definition) is 0. The van der Waals surface area contributed by atoms with E-state index in [0.717, 1.165) is 0 Å². The van der Waals surface area contributed by atoms with E-state index in [1.165, 1.54) is 0 Å². The molecule has 0 fully saturated rings. The van der Waals surface area contributed by atoms with Gasteiger partial charge in [0.2, 0.25) is 0 Å². The van der Waals surface area contributed by atoms with E-state index in [0.29, 0.717) is 5.75 Å². The summed E-state index contributed by atoms with van der Waals surface area (Å²) in [6, 6.07) is 9.25. The molecule has 0 saturated carbocycles. The van der Waals surface area contributed by atoms with Gasteiger partial charge in [-0.1, -0.05) is 0 Å². The van der Waals surface area contributed by atoms with Gasteiger partial charge < -0.3 is 0 Å². The van der Waals surface area contributed by atoms with Gasteiger partial charge in [-0.3, -0.25) is 0 Å². The van der Waals surface area contributed by atoms with Gasteiger partial charge >= 0.3 is 80.3 Å². The van der Waals surface area contributed by atoms with Gasteiger partial charge in [-0.05, 0) is 0 Å². The minimum Gasteiger partial charge on any atom is -0.147 e. The fourth-order valence-corrected chi connectivity index (χ4v) is 3.18. The predicted molar refractivity (Wildman–Crippen MR) is 61.6 cm³/mol. The fraction of sp³-hybridized carbons (Fsp3) is 0.250. The minimum absolute atomic E-state index is 0. The zero-order chi connectivity index (χ0) is 8.97. The summed E-state index contributed by atoms with van der Waals surface area (Å²) < 4.78 is 18.5. The molecule has 1 aromatic rings. The van der Waals surface area contributed by atoms with Crippen LogP contribution >= 0.6 is 24.8 Å².